The summed E-state index contributed by atoms with van der Waals surface area (Å²) in [5, 5.41) is 3.83. The van der Waals surface area contributed by atoms with E-state index < -0.39 is 10.8 Å². The maximum Gasteiger partial charge on any atom is 0.306 e. The molecule has 0 radical (unpaired) electrons. The molecule has 0 amide bonds. The maximum absolute atomic E-state index is 12.1. The quantitative estimate of drug-likeness (QED) is 0.724. The molecule has 0 bridgehead atoms. The van der Waals surface area contributed by atoms with Gasteiger partial charge in [0.1, 0.15) is 12.2 Å². The van der Waals surface area contributed by atoms with Crippen LogP contribution >= 0.6 is 0 Å². The Morgan fingerprint density at radius 3 is 2.72 bits per heavy atom. The zero-order valence-electron chi connectivity index (χ0n) is 11.1. The third-order valence-corrected chi connectivity index (χ3v) is 4.15. The van der Waals surface area contributed by atoms with Crippen molar-refractivity contribution in [3.8, 4) is 0 Å². The fourth-order valence-corrected chi connectivity index (χ4v) is 2.56. The summed E-state index contributed by atoms with van der Waals surface area (Å²) in [7, 11) is 0.159. The first-order valence-electron chi connectivity index (χ1n) is 5.78. The van der Waals surface area contributed by atoms with Crippen LogP contribution in [-0.2, 0) is 26.1 Å². The number of esters is 1. The van der Waals surface area contributed by atoms with Crippen LogP contribution in [0.4, 0.5) is 0 Å². The van der Waals surface area contributed by atoms with Crippen molar-refractivity contribution in [2.45, 2.75) is 44.2 Å². The van der Waals surface area contributed by atoms with Gasteiger partial charge in [0.25, 0.3) is 0 Å². The monoisotopic (exact) mass is 273 g/mol. The van der Waals surface area contributed by atoms with E-state index >= 15 is 0 Å². The second-order valence-corrected chi connectivity index (χ2v) is 6.19. The third-order valence-electron chi connectivity index (χ3n) is 2.54. The van der Waals surface area contributed by atoms with E-state index in [1.165, 1.54) is 13.4 Å². The van der Waals surface area contributed by atoms with Crippen molar-refractivity contribution >= 4 is 16.8 Å². The van der Waals surface area contributed by atoms with Crippen molar-refractivity contribution in [1.82, 2.24) is 14.8 Å². The topological polar surface area (TPSA) is 74.1 Å². The van der Waals surface area contributed by atoms with Crippen LogP contribution in [0.25, 0.3) is 0 Å². The first-order chi connectivity index (χ1) is 8.45. The summed E-state index contributed by atoms with van der Waals surface area (Å²) in [5.74, 6) is 0.636. The summed E-state index contributed by atoms with van der Waals surface area (Å²) in [6, 6.07) is 0.176. The van der Waals surface area contributed by atoms with E-state index in [0.29, 0.717) is 11.6 Å². The molecule has 18 heavy (non-hydrogen) atoms. The Kier molecular flexibility index (Phi) is 5.46. The van der Waals surface area contributed by atoms with E-state index in [0.717, 1.165) is 0 Å². The molecule has 1 rings (SSSR count). The van der Waals surface area contributed by atoms with E-state index in [2.05, 4.69) is 14.8 Å². The largest absolute Gasteiger partial charge is 0.469 e. The van der Waals surface area contributed by atoms with Gasteiger partial charge in [0.15, 0.2) is 0 Å². The van der Waals surface area contributed by atoms with Crippen LogP contribution < -0.4 is 0 Å². The molecule has 0 fully saturated rings. The van der Waals surface area contributed by atoms with Crippen molar-refractivity contribution in [2.24, 2.45) is 0 Å². The minimum Gasteiger partial charge on any atom is -0.469 e. The molecule has 6 nitrogen and oxygen atoms in total. The van der Waals surface area contributed by atoms with Crippen LogP contribution in [0.3, 0.4) is 0 Å². The molecule has 1 heterocycles. The van der Waals surface area contributed by atoms with Crippen LogP contribution in [0, 0.1) is 0 Å². The maximum atomic E-state index is 12.1. The first kappa shape index (κ1) is 14.8. The molecule has 0 saturated carbocycles. The lowest BCUT2D eigenvalue weighted by Gasteiger charge is -2.12. The van der Waals surface area contributed by atoms with Gasteiger partial charge in [-0.05, 0) is 13.8 Å². The van der Waals surface area contributed by atoms with Crippen molar-refractivity contribution in [2.75, 3.05) is 7.11 Å². The number of aromatic nitrogens is 3. The van der Waals surface area contributed by atoms with E-state index in [9.17, 15) is 9.00 Å². The Morgan fingerprint density at radius 1 is 1.50 bits per heavy atom. The molecule has 102 valence electrons. The van der Waals surface area contributed by atoms with Gasteiger partial charge in [0, 0.05) is 22.1 Å². The Hall–Kier alpha value is -1.24. The third kappa shape index (κ3) is 3.90. The smallest absolute Gasteiger partial charge is 0.306 e. The lowest BCUT2D eigenvalue weighted by atomic mass is 10.3. The standard InChI is InChI=1S/C11H19N3O3S/c1-8(2)14-10(12-7-13-14)6-18(16)9(3)5-11(15)17-4/h7-9H,5-6H2,1-4H3. The Bertz CT molecular complexity index is 431. The van der Waals surface area contributed by atoms with Crippen LogP contribution in [0.2, 0.25) is 0 Å². The summed E-state index contributed by atoms with van der Waals surface area (Å²) < 4.78 is 18.4. The van der Waals surface area contributed by atoms with Gasteiger partial charge < -0.3 is 4.74 Å². The fraction of sp³-hybridized carbons (Fsp3) is 0.727. The summed E-state index contributed by atoms with van der Waals surface area (Å²) in [5.41, 5.74) is 0. The molecule has 0 N–H and O–H groups in total. The fourth-order valence-electron chi connectivity index (χ4n) is 1.49. The summed E-state index contributed by atoms with van der Waals surface area (Å²) in [4.78, 5) is 15.2. The number of methoxy groups -OCH3 is 1. The van der Waals surface area contributed by atoms with Gasteiger partial charge in [-0.1, -0.05) is 6.92 Å². The molecule has 0 saturated heterocycles. The highest BCUT2D eigenvalue weighted by molar-refractivity contribution is 7.84. The van der Waals surface area contributed by atoms with Crippen LogP contribution in [0.15, 0.2) is 6.33 Å². The molecule has 0 aliphatic rings. The minimum atomic E-state index is -1.17. The number of ether oxygens (including phenoxy) is 1. The SMILES string of the molecule is COC(=O)CC(C)S(=O)Cc1ncnn1C(C)C. The zero-order valence-corrected chi connectivity index (χ0v) is 11.9. The second-order valence-electron chi connectivity index (χ2n) is 4.33. The van der Waals surface area contributed by atoms with Crippen LogP contribution in [0.5, 0.6) is 0 Å². The highest BCUT2D eigenvalue weighted by Gasteiger charge is 2.19. The zero-order chi connectivity index (χ0) is 13.7. The molecule has 0 aliphatic heterocycles. The van der Waals surface area contributed by atoms with Gasteiger partial charge in [-0.3, -0.25) is 9.00 Å². The highest BCUT2D eigenvalue weighted by atomic mass is 32.2. The van der Waals surface area contributed by atoms with Gasteiger partial charge in [-0.25, -0.2) is 9.67 Å². The molecule has 1 aromatic heterocycles. The van der Waals surface area contributed by atoms with Gasteiger partial charge in [0.2, 0.25) is 0 Å². The number of carbonyl (C=O) groups is 1. The number of hydrogen-bond acceptors (Lipinski definition) is 5. The summed E-state index contributed by atoms with van der Waals surface area (Å²) in [6.45, 7) is 5.74. The van der Waals surface area contributed by atoms with Crippen molar-refractivity contribution in [3.05, 3.63) is 12.2 Å². The van der Waals surface area contributed by atoms with Crippen molar-refractivity contribution in [1.29, 1.82) is 0 Å². The van der Waals surface area contributed by atoms with Gasteiger partial charge in [0.05, 0.1) is 19.3 Å². The molecule has 0 aliphatic carbocycles. The van der Waals surface area contributed by atoms with E-state index in [-0.39, 0.29) is 23.7 Å². The Morgan fingerprint density at radius 2 is 2.17 bits per heavy atom. The lowest BCUT2D eigenvalue weighted by Crippen LogP contribution is -2.20. The molecular formula is C11H19N3O3S. The molecule has 2 atom stereocenters. The molecule has 0 aromatic carbocycles. The van der Waals surface area contributed by atoms with E-state index in [1.54, 1.807) is 11.6 Å². The van der Waals surface area contributed by atoms with E-state index in [4.69, 9.17) is 0 Å². The Balaban J connectivity index is 2.64. The number of hydrogen-bond donors (Lipinski definition) is 0. The normalized spacial score (nSPS) is 14.5. The summed E-state index contributed by atoms with van der Waals surface area (Å²) in [6.07, 6.45) is 1.61. The van der Waals surface area contributed by atoms with Crippen LogP contribution in [0.1, 0.15) is 39.1 Å². The number of nitrogens with zero attached hydrogens (tertiary/aromatic N) is 3. The first-order valence-corrected chi connectivity index (χ1v) is 7.16. The average Bonchev–Trinajstić information content (AvgIpc) is 2.76. The summed E-state index contributed by atoms with van der Waals surface area (Å²) >= 11 is 0. The minimum absolute atomic E-state index is 0.152. The van der Waals surface area contributed by atoms with E-state index in [1.807, 2.05) is 13.8 Å². The molecule has 2 unspecified atom stereocenters. The highest BCUT2D eigenvalue weighted by Crippen LogP contribution is 2.11. The van der Waals surface area contributed by atoms with Crippen molar-refractivity contribution in [3.63, 3.8) is 0 Å². The molecular weight excluding hydrogens is 254 g/mol. The number of carbonyl (C=O) groups excluding carboxylic acids is 1. The molecule has 1 aromatic rings. The predicted molar refractivity (Wildman–Crippen MR) is 68.3 cm³/mol. The second kappa shape index (κ2) is 6.63. The lowest BCUT2D eigenvalue weighted by molar-refractivity contribution is -0.140. The molecule has 7 heteroatoms. The van der Waals surface area contributed by atoms with Gasteiger partial charge in [-0.15, -0.1) is 0 Å². The number of rotatable bonds is 6. The molecule has 0 spiro atoms. The van der Waals surface area contributed by atoms with Crippen molar-refractivity contribution < 1.29 is 13.7 Å². The Labute approximate surface area is 109 Å². The predicted octanol–water partition coefficient (Wildman–Crippen LogP) is 1.06. The van der Waals surface area contributed by atoms with Gasteiger partial charge in [-0.2, -0.15) is 5.10 Å². The van der Waals surface area contributed by atoms with Crippen LogP contribution in [-0.4, -0.2) is 37.3 Å². The average molecular weight is 273 g/mol. The van der Waals surface area contributed by atoms with Gasteiger partial charge >= 0.3 is 5.97 Å².